The maximum Gasteiger partial charge on any atom is 0.266 e. The predicted molar refractivity (Wildman–Crippen MR) is 54.0 cm³/mol. The lowest BCUT2D eigenvalue weighted by atomic mass is 10.4. The van der Waals surface area contributed by atoms with Gasteiger partial charge >= 0.3 is 0 Å². The second-order valence-electron chi connectivity index (χ2n) is 3.54. The van der Waals surface area contributed by atoms with E-state index in [0.717, 1.165) is 18.8 Å². The zero-order valence-electron chi connectivity index (χ0n) is 8.82. The van der Waals surface area contributed by atoms with Crippen LogP contribution in [0.4, 0.5) is 0 Å². The molecule has 1 heterocycles. The van der Waals surface area contributed by atoms with Crippen LogP contribution in [0, 0.1) is 0 Å². The fraction of sp³-hybridized carbons (Fsp3) is 0.556. The van der Waals surface area contributed by atoms with E-state index in [0.29, 0.717) is 5.69 Å². The molecule has 2 N–H and O–H groups in total. The normalized spacial score (nSPS) is 10.9. The van der Waals surface area contributed by atoms with Crippen LogP contribution in [0.1, 0.15) is 16.3 Å². The molecule has 14 heavy (non-hydrogen) atoms. The molecule has 0 atom stereocenters. The number of rotatable bonds is 4. The summed E-state index contributed by atoms with van der Waals surface area (Å²) < 4.78 is 1.74. The van der Waals surface area contributed by atoms with Crippen molar-refractivity contribution in [2.75, 3.05) is 20.6 Å². The number of hydrogen-bond donors (Lipinski definition) is 1. The number of carbonyl (C=O) groups excluding carboxylic acids is 1. The Labute approximate surface area is 83.5 Å². The summed E-state index contributed by atoms with van der Waals surface area (Å²) in [6.07, 6.45) is 2.34. The zero-order valence-corrected chi connectivity index (χ0v) is 8.82. The van der Waals surface area contributed by atoms with Gasteiger partial charge in [-0.1, -0.05) is 0 Å². The van der Waals surface area contributed by atoms with E-state index in [1.165, 1.54) is 6.20 Å². The van der Waals surface area contributed by atoms with Crippen molar-refractivity contribution in [3.8, 4) is 0 Å². The van der Waals surface area contributed by atoms with Crippen molar-refractivity contribution in [1.82, 2.24) is 14.5 Å². The van der Waals surface area contributed by atoms with E-state index in [-0.39, 0.29) is 0 Å². The minimum atomic E-state index is -0.434. The first-order valence-corrected chi connectivity index (χ1v) is 4.47. The van der Waals surface area contributed by atoms with Crippen LogP contribution in [-0.4, -0.2) is 41.0 Å². The largest absolute Gasteiger partial charge is 0.364 e. The number of primary amides is 1. The van der Waals surface area contributed by atoms with Crippen LogP contribution in [0.25, 0.3) is 0 Å². The molecule has 0 unspecified atom stereocenters. The molecule has 1 aromatic heterocycles. The molecule has 0 saturated heterocycles. The first-order chi connectivity index (χ1) is 6.52. The van der Waals surface area contributed by atoms with Crippen LogP contribution in [0.3, 0.4) is 0 Å². The van der Waals surface area contributed by atoms with Crippen molar-refractivity contribution in [1.29, 1.82) is 0 Å². The van der Waals surface area contributed by atoms with Crippen LogP contribution in [-0.2, 0) is 13.5 Å². The molecule has 1 aromatic rings. The number of hydrogen-bond acceptors (Lipinski definition) is 3. The third-order valence-corrected chi connectivity index (χ3v) is 2.12. The molecule has 0 aromatic carbocycles. The molecule has 0 spiro atoms. The molecule has 0 aliphatic rings. The van der Waals surface area contributed by atoms with E-state index in [1.807, 2.05) is 14.1 Å². The number of likely N-dealkylation sites (N-methyl/N-ethyl adjacent to an activating group) is 1. The van der Waals surface area contributed by atoms with Crippen molar-refractivity contribution >= 4 is 5.91 Å². The maximum absolute atomic E-state index is 10.9. The number of amides is 1. The van der Waals surface area contributed by atoms with Crippen molar-refractivity contribution < 1.29 is 4.79 Å². The summed E-state index contributed by atoms with van der Waals surface area (Å²) in [5.74, 6) is 0.448. The Hall–Kier alpha value is -1.36. The molecule has 1 rings (SSSR count). The number of carbonyl (C=O) groups is 1. The maximum atomic E-state index is 10.9. The molecule has 0 fully saturated rings. The van der Waals surface area contributed by atoms with Gasteiger partial charge in [0.1, 0.15) is 11.5 Å². The van der Waals surface area contributed by atoms with Gasteiger partial charge in [0.25, 0.3) is 5.91 Å². The molecular formula is C9H16N4O. The highest BCUT2D eigenvalue weighted by Gasteiger charge is 2.10. The van der Waals surface area contributed by atoms with Crippen molar-refractivity contribution in [3.05, 3.63) is 17.7 Å². The third kappa shape index (κ3) is 2.32. The van der Waals surface area contributed by atoms with Gasteiger partial charge in [0.15, 0.2) is 0 Å². The highest BCUT2D eigenvalue weighted by molar-refractivity contribution is 5.90. The summed E-state index contributed by atoms with van der Waals surface area (Å²) in [5.41, 5.74) is 5.63. The molecule has 0 saturated carbocycles. The molecule has 1 amide bonds. The summed E-state index contributed by atoms with van der Waals surface area (Å²) >= 11 is 0. The lowest BCUT2D eigenvalue weighted by molar-refractivity contribution is 0.0992. The van der Waals surface area contributed by atoms with E-state index in [4.69, 9.17) is 5.73 Å². The highest BCUT2D eigenvalue weighted by atomic mass is 16.1. The van der Waals surface area contributed by atoms with E-state index in [1.54, 1.807) is 11.6 Å². The minimum Gasteiger partial charge on any atom is -0.364 e. The topological polar surface area (TPSA) is 64.2 Å². The van der Waals surface area contributed by atoms with Crippen molar-refractivity contribution in [2.45, 2.75) is 6.42 Å². The lowest BCUT2D eigenvalue weighted by Crippen LogP contribution is -2.19. The van der Waals surface area contributed by atoms with Crippen LogP contribution < -0.4 is 5.73 Å². The SMILES string of the molecule is CN(C)CCc1ncc(C(N)=O)n1C. The van der Waals surface area contributed by atoms with Gasteiger partial charge in [-0.25, -0.2) is 4.98 Å². The van der Waals surface area contributed by atoms with E-state index in [2.05, 4.69) is 9.88 Å². The minimum absolute atomic E-state index is 0.434. The van der Waals surface area contributed by atoms with Gasteiger partial charge in [-0.3, -0.25) is 4.79 Å². The van der Waals surface area contributed by atoms with E-state index in [9.17, 15) is 4.79 Å². The monoisotopic (exact) mass is 196 g/mol. The van der Waals surface area contributed by atoms with E-state index < -0.39 is 5.91 Å². The molecule has 0 radical (unpaired) electrons. The number of aromatic nitrogens is 2. The zero-order chi connectivity index (χ0) is 10.7. The Bertz CT molecular complexity index is 330. The Morgan fingerprint density at radius 3 is 2.71 bits per heavy atom. The van der Waals surface area contributed by atoms with Crippen molar-refractivity contribution in [2.24, 2.45) is 12.8 Å². The van der Waals surface area contributed by atoms with E-state index >= 15 is 0 Å². The average molecular weight is 196 g/mol. The summed E-state index contributed by atoms with van der Waals surface area (Å²) in [4.78, 5) is 17.1. The average Bonchev–Trinajstić information content (AvgIpc) is 2.43. The van der Waals surface area contributed by atoms with Gasteiger partial charge < -0.3 is 15.2 Å². The third-order valence-electron chi connectivity index (χ3n) is 2.12. The molecule has 0 aliphatic carbocycles. The van der Waals surface area contributed by atoms with Gasteiger partial charge in [-0.15, -0.1) is 0 Å². The Kier molecular flexibility index (Phi) is 3.24. The number of imidazole rings is 1. The summed E-state index contributed by atoms with van der Waals surface area (Å²) in [6.45, 7) is 0.906. The summed E-state index contributed by atoms with van der Waals surface area (Å²) in [6, 6.07) is 0. The summed E-state index contributed by atoms with van der Waals surface area (Å²) in [5, 5.41) is 0. The number of nitrogens with two attached hydrogens (primary N) is 1. The fourth-order valence-electron chi connectivity index (χ4n) is 1.23. The van der Waals surface area contributed by atoms with Crippen molar-refractivity contribution in [3.63, 3.8) is 0 Å². The smallest absolute Gasteiger partial charge is 0.266 e. The van der Waals surface area contributed by atoms with Crippen LogP contribution in [0.5, 0.6) is 0 Å². The Balaban J connectivity index is 2.74. The molecule has 5 nitrogen and oxygen atoms in total. The lowest BCUT2D eigenvalue weighted by Gasteiger charge is -2.09. The van der Waals surface area contributed by atoms with Gasteiger partial charge in [-0.2, -0.15) is 0 Å². The van der Waals surface area contributed by atoms with Crippen LogP contribution >= 0.6 is 0 Å². The number of nitrogens with zero attached hydrogens (tertiary/aromatic N) is 3. The van der Waals surface area contributed by atoms with Gasteiger partial charge in [0, 0.05) is 20.0 Å². The van der Waals surface area contributed by atoms with Crippen LogP contribution in [0.15, 0.2) is 6.20 Å². The standard InChI is InChI=1S/C9H16N4O/c1-12(2)5-4-8-11-6-7(9(10)14)13(8)3/h6H,4-5H2,1-3H3,(H2,10,14). The Morgan fingerprint density at radius 1 is 1.64 bits per heavy atom. The second kappa shape index (κ2) is 4.23. The molecular weight excluding hydrogens is 180 g/mol. The molecule has 0 aliphatic heterocycles. The molecule has 78 valence electrons. The Morgan fingerprint density at radius 2 is 2.29 bits per heavy atom. The van der Waals surface area contributed by atoms with Gasteiger partial charge in [0.05, 0.1) is 6.20 Å². The fourth-order valence-corrected chi connectivity index (χ4v) is 1.23. The second-order valence-corrected chi connectivity index (χ2v) is 3.54. The first kappa shape index (κ1) is 10.7. The van der Waals surface area contributed by atoms with Gasteiger partial charge in [0.2, 0.25) is 0 Å². The molecule has 5 heteroatoms. The predicted octanol–water partition coefficient (Wildman–Crippen LogP) is -0.377. The van der Waals surface area contributed by atoms with Gasteiger partial charge in [-0.05, 0) is 14.1 Å². The molecule has 0 bridgehead atoms. The first-order valence-electron chi connectivity index (χ1n) is 4.47. The quantitative estimate of drug-likeness (QED) is 0.714. The van der Waals surface area contributed by atoms with Crippen LogP contribution in [0.2, 0.25) is 0 Å². The summed E-state index contributed by atoms with van der Waals surface area (Å²) in [7, 11) is 5.80. The highest BCUT2D eigenvalue weighted by Crippen LogP contribution is 2.03.